The lowest BCUT2D eigenvalue weighted by molar-refractivity contribution is 0.296. The van der Waals surface area contributed by atoms with E-state index in [9.17, 15) is 0 Å². The Morgan fingerprint density at radius 2 is 1.28 bits per heavy atom. The normalized spacial score (nSPS) is 24.3. The van der Waals surface area contributed by atoms with Crippen LogP contribution in [0.1, 0.15) is 12.8 Å². The molecule has 1 heterocycles. The fourth-order valence-electron chi connectivity index (χ4n) is 1.54. The van der Waals surface area contributed by atoms with Crippen LogP contribution in [0.2, 0.25) is 0 Å². The third-order valence-corrected chi connectivity index (χ3v) is 8.61. The Morgan fingerprint density at radius 1 is 0.833 bits per heavy atom. The SMILES string of the molecule is OCCCSCC1CSC(CSCCCO)CS1. The topological polar surface area (TPSA) is 40.5 Å². The van der Waals surface area contributed by atoms with E-state index in [1.165, 1.54) is 23.0 Å². The Hall–Kier alpha value is 1.32. The molecule has 0 radical (unpaired) electrons. The van der Waals surface area contributed by atoms with Gasteiger partial charge in [-0.3, -0.25) is 0 Å². The van der Waals surface area contributed by atoms with Gasteiger partial charge in [0.1, 0.15) is 0 Å². The summed E-state index contributed by atoms with van der Waals surface area (Å²) in [5.74, 6) is 7.23. The summed E-state index contributed by atoms with van der Waals surface area (Å²) in [6.45, 7) is 0.652. The van der Waals surface area contributed by atoms with Crippen molar-refractivity contribution in [2.24, 2.45) is 0 Å². The lowest BCUT2D eigenvalue weighted by Crippen LogP contribution is -2.24. The standard InChI is InChI=1S/C12H24O2S4/c13-3-1-5-15-7-11-9-18-12(10-17-11)8-16-6-2-4-14/h11-14H,1-10H2. The van der Waals surface area contributed by atoms with Crippen molar-refractivity contribution < 1.29 is 10.2 Å². The summed E-state index contributed by atoms with van der Waals surface area (Å²) in [6.07, 6.45) is 1.86. The molecule has 0 saturated carbocycles. The predicted octanol–water partition coefficient (Wildman–Crippen LogP) is 2.43. The molecule has 108 valence electrons. The van der Waals surface area contributed by atoms with Crippen molar-refractivity contribution >= 4 is 47.0 Å². The quantitative estimate of drug-likeness (QED) is 0.600. The maximum atomic E-state index is 8.72. The van der Waals surface area contributed by atoms with Gasteiger partial charge in [0.15, 0.2) is 0 Å². The summed E-state index contributed by atoms with van der Waals surface area (Å²) in [7, 11) is 0. The third-order valence-electron chi connectivity index (χ3n) is 2.54. The summed E-state index contributed by atoms with van der Waals surface area (Å²) in [5.41, 5.74) is 0. The van der Waals surface area contributed by atoms with Gasteiger partial charge < -0.3 is 10.2 Å². The first-order chi connectivity index (χ1) is 8.86. The highest BCUT2D eigenvalue weighted by Gasteiger charge is 2.21. The van der Waals surface area contributed by atoms with Gasteiger partial charge in [0.05, 0.1) is 0 Å². The van der Waals surface area contributed by atoms with Crippen LogP contribution >= 0.6 is 47.0 Å². The first-order valence-electron chi connectivity index (χ1n) is 6.47. The molecular weight excluding hydrogens is 304 g/mol. The zero-order valence-electron chi connectivity index (χ0n) is 10.8. The van der Waals surface area contributed by atoms with E-state index in [0.29, 0.717) is 13.2 Å². The van der Waals surface area contributed by atoms with Crippen LogP contribution in [-0.2, 0) is 0 Å². The molecule has 2 N–H and O–H groups in total. The van der Waals surface area contributed by atoms with E-state index in [0.717, 1.165) is 34.8 Å². The van der Waals surface area contributed by atoms with E-state index >= 15 is 0 Å². The number of thioether (sulfide) groups is 4. The average molecular weight is 329 g/mol. The van der Waals surface area contributed by atoms with Crippen LogP contribution in [0.15, 0.2) is 0 Å². The molecule has 2 unspecified atom stereocenters. The van der Waals surface area contributed by atoms with E-state index in [-0.39, 0.29) is 0 Å². The van der Waals surface area contributed by atoms with E-state index < -0.39 is 0 Å². The second kappa shape index (κ2) is 12.1. The van der Waals surface area contributed by atoms with Crippen molar-refractivity contribution in [2.45, 2.75) is 23.3 Å². The summed E-state index contributed by atoms with van der Waals surface area (Å²) >= 11 is 8.22. The first kappa shape index (κ1) is 17.4. The van der Waals surface area contributed by atoms with Crippen molar-refractivity contribution in [3.05, 3.63) is 0 Å². The minimum atomic E-state index is 0.326. The molecule has 0 aromatic rings. The maximum absolute atomic E-state index is 8.72. The van der Waals surface area contributed by atoms with E-state index in [4.69, 9.17) is 10.2 Å². The minimum absolute atomic E-state index is 0.326. The van der Waals surface area contributed by atoms with E-state index in [1.54, 1.807) is 0 Å². The second-order valence-corrected chi connectivity index (χ2v) is 9.18. The van der Waals surface area contributed by atoms with Crippen molar-refractivity contribution in [2.75, 3.05) is 47.7 Å². The largest absolute Gasteiger partial charge is 0.396 e. The highest BCUT2D eigenvalue weighted by atomic mass is 32.2. The van der Waals surface area contributed by atoms with E-state index in [1.807, 2.05) is 23.5 Å². The van der Waals surface area contributed by atoms with E-state index in [2.05, 4.69) is 23.5 Å². The summed E-state index contributed by atoms with van der Waals surface area (Å²) in [4.78, 5) is 0. The number of hydrogen-bond donors (Lipinski definition) is 2. The van der Waals surface area contributed by atoms with Gasteiger partial charge in [0.2, 0.25) is 0 Å². The minimum Gasteiger partial charge on any atom is -0.396 e. The maximum Gasteiger partial charge on any atom is 0.0438 e. The molecule has 1 aliphatic heterocycles. The molecule has 18 heavy (non-hydrogen) atoms. The van der Waals surface area contributed by atoms with Gasteiger partial charge in [0, 0.05) is 46.7 Å². The molecule has 6 heteroatoms. The highest BCUT2D eigenvalue weighted by Crippen LogP contribution is 2.33. The van der Waals surface area contributed by atoms with Crippen LogP contribution in [0.4, 0.5) is 0 Å². The number of rotatable bonds is 10. The molecule has 0 bridgehead atoms. The Kier molecular flexibility index (Phi) is 11.7. The smallest absolute Gasteiger partial charge is 0.0438 e. The first-order valence-corrected chi connectivity index (χ1v) is 10.9. The number of aliphatic hydroxyl groups excluding tert-OH is 2. The molecule has 0 aromatic carbocycles. The summed E-state index contributed by atoms with van der Waals surface area (Å²) in [5, 5.41) is 19.0. The fourth-order valence-corrected chi connectivity index (χ4v) is 7.40. The fraction of sp³-hybridized carbons (Fsp3) is 1.00. The van der Waals surface area contributed by atoms with Crippen molar-refractivity contribution in [3.63, 3.8) is 0 Å². The van der Waals surface area contributed by atoms with Crippen LogP contribution in [0.25, 0.3) is 0 Å². The molecule has 1 fully saturated rings. The molecule has 1 aliphatic rings. The highest BCUT2D eigenvalue weighted by molar-refractivity contribution is 8.09. The molecule has 0 amide bonds. The summed E-state index contributed by atoms with van der Waals surface area (Å²) in [6, 6.07) is 0. The molecule has 1 saturated heterocycles. The Morgan fingerprint density at radius 3 is 1.61 bits per heavy atom. The molecule has 0 spiro atoms. The lowest BCUT2D eigenvalue weighted by Gasteiger charge is -2.27. The van der Waals surface area contributed by atoms with Crippen LogP contribution < -0.4 is 0 Å². The zero-order chi connectivity index (χ0) is 13.1. The van der Waals surface area contributed by atoms with Crippen LogP contribution in [0.5, 0.6) is 0 Å². The zero-order valence-corrected chi connectivity index (χ0v) is 14.0. The summed E-state index contributed by atoms with van der Waals surface area (Å²) < 4.78 is 0. The van der Waals surface area contributed by atoms with Gasteiger partial charge in [-0.15, -0.1) is 0 Å². The monoisotopic (exact) mass is 328 g/mol. The van der Waals surface area contributed by atoms with Gasteiger partial charge in [-0.1, -0.05) is 0 Å². The van der Waals surface area contributed by atoms with Crippen molar-refractivity contribution in [1.82, 2.24) is 0 Å². The average Bonchev–Trinajstić information content (AvgIpc) is 2.41. The van der Waals surface area contributed by atoms with Crippen molar-refractivity contribution in [3.8, 4) is 0 Å². The van der Waals surface area contributed by atoms with Gasteiger partial charge in [0.25, 0.3) is 0 Å². The molecule has 0 aliphatic carbocycles. The Bertz CT molecular complexity index is 167. The van der Waals surface area contributed by atoms with Crippen molar-refractivity contribution in [1.29, 1.82) is 0 Å². The van der Waals surface area contributed by atoms with Gasteiger partial charge >= 0.3 is 0 Å². The predicted molar refractivity (Wildman–Crippen MR) is 90.5 cm³/mol. The van der Waals surface area contributed by atoms with Gasteiger partial charge in [-0.25, -0.2) is 0 Å². The molecule has 2 atom stereocenters. The van der Waals surface area contributed by atoms with Gasteiger partial charge in [-0.2, -0.15) is 47.0 Å². The van der Waals surface area contributed by atoms with Crippen LogP contribution in [0, 0.1) is 0 Å². The van der Waals surface area contributed by atoms with Crippen LogP contribution in [-0.4, -0.2) is 68.4 Å². The number of hydrogen-bond acceptors (Lipinski definition) is 6. The lowest BCUT2D eigenvalue weighted by atomic mass is 10.5. The molecule has 0 aromatic heterocycles. The van der Waals surface area contributed by atoms with Gasteiger partial charge in [-0.05, 0) is 24.3 Å². The molecular formula is C12H24O2S4. The molecule has 2 nitrogen and oxygen atoms in total. The Labute approximate surface area is 128 Å². The third kappa shape index (κ3) is 8.48. The van der Waals surface area contributed by atoms with Crippen LogP contribution in [0.3, 0.4) is 0 Å². The Balaban J connectivity index is 1.95. The number of aliphatic hydroxyl groups is 2. The second-order valence-electron chi connectivity index (χ2n) is 4.21. The molecule has 1 rings (SSSR count).